The SMILES string of the molecule is C=C(C)[C@@H]1CC2(CN(S(=O)(=O)c3cc(C(C)(C)C)ccc3OCCN(C)C(C)=O)C2)[C@@H](CCCC)O[C@H]1c1c(C)cc(C(C)C)cc1OCC(=O)O. The Morgan fingerprint density at radius 2 is 1.79 bits per heavy atom. The Morgan fingerprint density at radius 3 is 2.35 bits per heavy atom. The fourth-order valence-electron chi connectivity index (χ4n) is 7.35. The van der Waals surface area contributed by atoms with Crippen molar-refractivity contribution in [3.8, 4) is 11.5 Å². The third-order valence-electron chi connectivity index (χ3n) is 10.7. The first-order valence-electron chi connectivity index (χ1n) is 18.5. The monoisotopic (exact) mass is 740 g/mol. The molecule has 2 aromatic rings. The van der Waals surface area contributed by atoms with Crippen LogP contribution in [0.25, 0.3) is 0 Å². The van der Waals surface area contributed by atoms with Crippen LogP contribution in [0.2, 0.25) is 0 Å². The molecule has 0 bridgehead atoms. The fourth-order valence-corrected chi connectivity index (χ4v) is 9.14. The van der Waals surface area contributed by atoms with E-state index in [4.69, 9.17) is 14.2 Å². The molecular weight excluding hydrogens is 681 g/mol. The highest BCUT2D eigenvalue weighted by atomic mass is 32.2. The topological polar surface area (TPSA) is 123 Å². The molecule has 0 unspecified atom stereocenters. The van der Waals surface area contributed by atoms with Crippen LogP contribution in [-0.4, -0.2) is 80.6 Å². The predicted molar refractivity (Wildman–Crippen MR) is 204 cm³/mol. The van der Waals surface area contributed by atoms with Crippen molar-refractivity contribution in [1.82, 2.24) is 9.21 Å². The lowest BCUT2D eigenvalue weighted by molar-refractivity contribution is -0.191. The second kappa shape index (κ2) is 16.3. The molecule has 2 fully saturated rings. The van der Waals surface area contributed by atoms with E-state index in [1.165, 1.54) is 11.8 Å². The Kier molecular flexibility index (Phi) is 13.0. The minimum atomic E-state index is -3.97. The van der Waals surface area contributed by atoms with Gasteiger partial charge in [-0.1, -0.05) is 78.7 Å². The molecule has 0 saturated carbocycles. The minimum absolute atomic E-state index is 0.0974. The van der Waals surface area contributed by atoms with Crippen LogP contribution in [0.4, 0.5) is 0 Å². The highest BCUT2D eigenvalue weighted by molar-refractivity contribution is 7.89. The number of carbonyl (C=O) groups is 2. The average Bonchev–Trinajstić information content (AvgIpc) is 3.03. The summed E-state index contributed by atoms with van der Waals surface area (Å²) < 4.78 is 49.7. The maximum atomic E-state index is 14.5. The summed E-state index contributed by atoms with van der Waals surface area (Å²) in [5.41, 5.74) is 3.90. The normalized spacial score (nSPS) is 20.4. The summed E-state index contributed by atoms with van der Waals surface area (Å²) in [4.78, 5) is 25.0. The molecule has 10 nitrogen and oxygen atoms in total. The molecule has 1 amide bonds. The first-order valence-corrected chi connectivity index (χ1v) is 19.9. The van der Waals surface area contributed by atoms with Gasteiger partial charge in [-0.2, -0.15) is 4.31 Å². The van der Waals surface area contributed by atoms with E-state index in [9.17, 15) is 23.1 Å². The zero-order chi connectivity index (χ0) is 38.8. The van der Waals surface area contributed by atoms with Gasteiger partial charge in [0, 0.05) is 44.0 Å². The number of carboxylic acid groups (broad SMARTS) is 1. The lowest BCUT2D eigenvalue weighted by Gasteiger charge is -2.59. The number of ether oxygens (including phenoxy) is 3. The maximum Gasteiger partial charge on any atom is 0.341 e. The largest absolute Gasteiger partial charge is 0.490 e. The molecular formula is C41H60N2O8S. The Hall–Kier alpha value is -3.41. The van der Waals surface area contributed by atoms with Gasteiger partial charge in [0.15, 0.2) is 6.61 Å². The van der Waals surface area contributed by atoms with Gasteiger partial charge in [0.2, 0.25) is 15.9 Å². The molecule has 2 saturated heterocycles. The number of nitrogens with zero attached hydrogens (tertiary/aromatic N) is 2. The van der Waals surface area contributed by atoms with Crippen molar-refractivity contribution in [1.29, 1.82) is 0 Å². The highest BCUT2D eigenvalue weighted by Crippen LogP contribution is 2.56. The number of carboxylic acids is 1. The molecule has 2 aromatic carbocycles. The molecule has 0 aliphatic carbocycles. The number of carbonyl (C=O) groups excluding carboxylic acids is 1. The van der Waals surface area contributed by atoms with Crippen molar-refractivity contribution >= 4 is 21.9 Å². The molecule has 2 aliphatic rings. The zero-order valence-electron chi connectivity index (χ0n) is 32.9. The summed E-state index contributed by atoms with van der Waals surface area (Å²) in [5.74, 6) is -0.321. The minimum Gasteiger partial charge on any atom is -0.490 e. The highest BCUT2D eigenvalue weighted by Gasteiger charge is 2.58. The number of hydrogen-bond donors (Lipinski definition) is 1. The molecule has 0 aromatic heterocycles. The van der Waals surface area contributed by atoms with E-state index >= 15 is 0 Å². The third kappa shape index (κ3) is 9.02. The average molecular weight is 741 g/mol. The smallest absolute Gasteiger partial charge is 0.341 e. The molecule has 1 N–H and O–H groups in total. The lowest BCUT2D eigenvalue weighted by Crippen LogP contribution is -2.66. The van der Waals surface area contributed by atoms with Crippen LogP contribution in [0.5, 0.6) is 11.5 Å². The number of aliphatic carboxylic acids is 1. The summed E-state index contributed by atoms with van der Waals surface area (Å²) in [6.07, 6.45) is 2.63. The first-order chi connectivity index (χ1) is 24.2. The third-order valence-corrected chi connectivity index (χ3v) is 12.6. The van der Waals surface area contributed by atoms with E-state index in [1.807, 2.05) is 46.8 Å². The van der Waals surface area contributed by atoms with Gasteiger partial charge in [-0.15, -0.1) is 0 Å². The quantitative estimate of drug-likeness (QED) is 0.185. The first kappa shape index (κ1) is 41.3. The van der Waals surface area contributed by atoms with E-state index < -0.39 is 34.1 Å². The van der Waals surface area contributed by atoms with Crippen LogP contribution >= 0.6 is 0 Å². The van der Waals surface area contributed by atoms with Crippen LogP contribution in [0.3, 0.4) is 0 Å². The molecule has 3 atom stereocenters. The van der Waals surface area contributed by atoms with Crippen LogP contribution in [0.15, 0.2) is 47.4 Å². The van der Waals surface area contributed by atoms with Crippen molar-refractivity contribution in [3.05, 3.63) is 64.7 Å². The molecule has 2 aliphatic heterocycles. The number of sulfonamides is 1. The molecule has 11 heteroatoms. The number of aryl methyl sites for hydroxylation is 1. The zero-order valence-corrected chi connectivity index (χ0v) is 33.7. The molecule has 1 spiro atoms. The number of benzene rings is 2. The Balaban J connectivity index is 1.70. The van der Waals surface area contributed by atoms with Crippen molar-refractivity contribution in [2.45, 2.75) is 116 Å². The number of rotatable bonds is 15. The van der Waals surface area contributed by atoms with Crippen LogP contribution in [0, 0.1) is 18.3 Å². The molecule has 288 valence electrons. The van der Waals surface area contributed by atoms with Gasteiger partial charge in [0.1, 0.15) is 23.0 Å². The van der Waals surface area contributed by atoms with E-state index in [0.717, 1.165) is 47.1 Å². The number of hydrogen-bond acceptors (Lipinski definition) is 7. The van der Waals surface area contributed by atoms with Gasteiger partial charge in [0.05, 0.1) is 18.8 Å². The number of unbranched alkanes of at least 4 members (excludes halogenated alkanes) is 1. The summed E-state index contributed by atoms with van der Waals surface area (Å²) >= 11 is 0. The summed E-state index contributed by atoms with van der Waals surface area (Å²) in [7, 11) is -2.29. The van der Waals surface area contributed by atoms with E-state index in [0.29, 0.717) is 31.8 Å². The fraction of sp³-hybridized carbons (Fsp3) is 0.610. The van der Waals surface area contributed by atoms with Gasteiger partial charge >= 0.3 is 5.97 Å². The van der Waals surface area contributed by atoms with Crippen molar-refractivity contribution in [2.24, 2.45) is 11.3 Å². The Bertz CT molecular complexity index is 1740. The predicted octanol–water partition coefficient (Wildman–Crippen LogP) is 7.64. The van der Waals surface area contributed by atoms with Gasteiger partial charge < -0.3 is 24.2 Å². The number of amides is 1. The second-order valence-corrected chi connectivity index (χ2v) is 18.2. The van der Waals surface area contributed by atoms with Gasteiger partial charge in [-0.25, -0.2) is 13.2 Å². The summed E-state index contributed by atoms with van der Waals surface area (Å²) in [6, 6.07) is 9.41. The Labute approximate surface area is 311 Å². The Morgan fingerprint density at radius 1 is 1.12 bits per heavy atom. The van der Waals surface area contributed by atoms with E-state index in [-0.39, 0.29) is 46.5 Å². The van der Waals surface area contributed by atoms with Crippen LogP contribution in [0.1, 0.15) is 115 Å². The van der Waals surface area contributed by atoms with Crippen molar-refractivity contribution in [3.63, 3.8) is 0 Å². The van der Waals surface area contributed by atoms with Gasteiger partial charge in [-0.3, -0.25) is 4.79 Å². The maximum absolute atomic E-state index is 14.5. The second-order valence-electron chi connectivity index (χ2n) is 16.3. The number of likely N-dealkylation sites (N-methyl/N-ethyl adjacent to an activating group) is 1. The van der Waals surface area contributed by atoms with Crippen molar-refractivity contribution < 1.29 is 37.3 Å². The van der Waals surface area contributed by atoms with Crippen molar-refractivity contribution in [2.75, 3.05) is 39.9 Å². The summed E-state index contributed by atoms with van der Waals surface area (Å²) in [5, 5.41) is 9.49. The van der Waals surface area contributed by atoms with Crippen LogP contribution < -0.4 is 9.47 Å². The standard InChI is InChI=1S/C41H60N2O8S/c1-12-13-14-36-41(22-32(27(4)5)39(51-36)38-28(6)19-30(26(2)3)20-34(38)50-23-37(45)46)24-43(25-41)52(47,48)35-21-31(40(8,9)10)15-16-33(35)49-18-17-42(11)29(7)44/h15-16,19-21,26,32,36,39H,4,12-14,17-18,22-25H2,1-3,5-11H3,(H,45,46)/t32-,36+,39+/m0/s1. The van der Waals surface area contributed by atoms with Gasteiger partial charge in [0.25, 0.3) is 0 Å². The molecule has 0 radical (unpaired) electrons. The lowest BCUT2D eigenvalue weighted by atomic mass is 9.64. The molecule has 2 heterocycles. The van der Waals surface area contributed by atoms with E-state index in [2.05, 4.69) is 33.4 Å². The van der Waals surface area contributed by atoms with Crippen LogP contribution in [-0.2, 0) is 29.8 Å². The van der Waals surface area contributed by atoms with Gasteiger partial charge in [-0.05, 0) is 72.9 Å². The van der Waals surface area contributed by atoms with E-state index in [1.54, 1.807) is 23.5 Å². The summed E-state index contributed by atoms with van der Waals surface area (Å²) in [6.45, 7) is 22.9. The molecule has 52 heavy (non-hydrogen) atoms. The molecule has 4 rings (SSSR count).